The molecule has 0 aliphatic rings. The van der Waals surface area contributed by atoms with Crippen LogP contribution in [0.1, 0.15) is 5.69 Å². The quantitative estimate of drug-likeness (QED) is 0.436. The molecule has 0 aliphatic carbocycles. The molecule has 3 radical (unpaired) electrons. The fourth-order valence-electron chi connectivity index (χ4n) is 0.497. The Morgan fingerprint density at radius 1 is 1.56 bits per heavy atom. The highest BCUT2D eigenvalue weighted by Crippen LogP contribution is 1.92. The minimum atomic E-state index is 0.649. The van der Waals surface area contributed by atoms with Crippen LogP contribution in [0.2, 0.25) is 0 Å². The summed E-state index contributed by atoms with van der Waals surface area (Å²) in [5, 5.41) is 0. The zero-order valence-corrected chi connectivity index (χ0v) is 6.48. The van der Waals surface area contributed by atoms with Crippen LogP contribution in [-0.4, -0.2) is 19.7 Å². The molecule has 0 aliphatic heterocycles. The van der Waals surface area contributed by atoms with Gasteiger partial charge in [-0.3, -0.25) is 4.98 Å². The second-order valence-electron chi connectivity index (χ2n) is 1.54. The monoisotopic (exact) mass is 150 g/mol. The van der Waals surface area contributed by atoms with Crippen LogP contribution in [0.5, 0.6) is 0 Å². The Kier molecular flexibility index (Phi) is 2.08. The third-order valence-electron chi connectivity index (χ3n) is 0.898. The summed E-state index contributed by atoms with van der Waals surface area (Å²) in [5.74, 6) is 0. The molecular weight excluding hydrogens is 146 g/mol. The highest BCUT2D eigenvalue weighted by molar-refractivity contribution is 7.83. The van der Waals surface area contributed by atoms with E-state index in [1.54, 1.807) is 6.20 Å². The predicted molar refractivity (Wildman–Crippen MR) is 41.7 cm³/mol. The highest BCUT2D eigenvalue weighted by atomic mass is 32.1. The van der Waals surface area contributed by atoms with Gasteiger partial charge in [-0.1, -0.05) is 18.3 Å². The number of nitrogens with zero attached hydrogens (tertiary/aromatic N) is 1. The Hall–Kier alpha value is -0.543. The molecule has 1 nitrogen and oxygen atoms in total. The van der Waals surface area contributed by atoms with Gasteiger partial charge in [0.1, 0.15) is 0 Å². The lowest BCUT2D eigenvalue weighted by Gasteiger charge is -1.91. The van der Waals surface area contributed by atoms with Crippen molar-refractivity contribution in [2.45, 2.75) is 0 Å². The first-order chi connectivity index (χ1) is 4.30. The average molecular weight is 150 g/mol. The van der Waals surface area contributed by atoms with E-state index in [0.29, 0.717) is 4.49 Å². The maximum absolute atomic E-state index is 4.81. The fraction of sp³-hybridized carbons (Fsp3) is 0. The maximum Gasteiger partial charge on any atom is 0.0907 e. The minimum absolute atomic E-state index is 0.649. The molecule has 0 saturated heterocycles. The van der Waals surface area contributed by atoms with Crippen molar-refractivity contribution in [3.8, 4) is 0 Å². The Labute approximate surface area is 62.5 Å². The molecule has 0 unspecified atom stereocenters. The zero-order valence-electron chi connectivity index (χ0n) is 4.66. The largest absolute Gasteiger partial charge is 0.256 e. The number of aromatic nitrogens is 1. The minimum Gasteiger partial charge on any atom is -0.256 e. The van der Waals surface area contributed by atoms with Crippen LogP contribution in [0, 0.1) is 0 Å². The maximum atomic E-state index is 4.81. The highest BCUT2D eigenvalue weighted by Gasteiger charge is 1.90. The summed E-state index contributed by atoms with van der Waals surface area (Å²) in [4.78, 5) is 3.99. The summed E-state index contributed by atoms with van der Waals surface area (Å²) >= 11 is 4.81. The van der Waals surface area contributed by atoms with Crippen molar-refractivity contribution in [3.05, 3.63) is 30.1 Å². The second kappa shape index (κ2) is 2.84. The van der Waals surface area contributed by atoms with Gasteiger partial charge >= 0.3 is 0 Å². The van der Waals surface area contributed by atoms with Crippen LogP contribution in [-0.2, 0) is 0 Å². The average Bonchev–Trinajstić information content (AvgIpc) is 1.90. The first kappa shape index (κ1) is 6.58. The van der Waals surface area contributed by atoms with E-state index < -0.39 is 0 Å². The molecule has 1 heterocycles. The molecule has 0 spiro atoms. The molecule has 0 N–H and O–H groups in total. The number of pyridine rings is 1. The molecule has 0 saturated carbocycles. The van der Waals surface area contributed by atoms with Gasteiger partial charge in [0.25, 0.3) is 0 Å². The van der Waals surface area contributed by atoms with Crippen molar-refractivity contribution in [2.24, 2.45) is 0 Å². The molecular formula is C6H4NSSi. The summed E-state index contributed by atoms with van der Waals surface area (Å²) < 4.78 is 0.649. The van der Waals surface area contributed by atoms with Crippen molar-refractivity contribution in [1.29, 1.82) is 0 Å². The van der Waals surface area contributed by atoms with Crippen LogP contribution in [0.15, 0.2) is 24.4 Å². The Morgan fingerprint density at radius 2 is 2.33 bits per heavy atom. The van der Waals surface area contributed by atoms with Crippen LogP contribution >= 0.6 is 12.2 Å². The number of hydrogen-bond acceptors (Lipinski definition) is 2. The van der Waals surface area contributed by atoms with Gasteiger partial charge < -0.3 is 0 Å². The predicted octanol–water partition coefficient (Wildman–Crippen LogP) is 0.926. The van der Waals surface area contributed by atoms with Crippen molar-refractivity contribution >= 4 is 26.9 Å². The van der Waals surface area contributed by atoms with E-state index in [-0.39, 0.29) is 0 Å². The lowest BCUT2D eigenvalue weighted by Crippen LogP contribution is -1.97. The molecule has 9 heavy (non-hydrogen) atoms. The zero-order chi connectivity index (χ0) is 6.69. The summed E-state index contributed by atoms with van der Waals surface area (Å²) in [6.07, 6.45) is 1.71. The van der Waals surface area contributed by atoms with Crippen LogP contribution < -0.4 is 0 Å². The van der Waals surface area contributed by atoms with Crippen molar-refractivity contribution in [1.82, 2.24) is 4.98 Å². The third kappa shape index (κ3) is 1.69. The molecule has 43 valence electrons. The van der Waals surface area contributed by atoms with Crippen LogP contribution in [0.3, 0.4) is 0 Å². The SMILES string of the molecule is [Si]C(=S)c1ccccn1. The number of rotatable bonds is 1. The molecule has 0 amide bonds. The first-order valence-corrected chi connectivity index (χ1v) is 3.38. The molecule has 1 aromatic heterocycles. The van der Waals surface area contributed by atoms with Crippen molar-refractivity contribution in [2.75, 3.05) is 0 Å². The van der Waals surface area contributed by atoms with Gasteiger partial charge in [-0.05, 0) is 12.1 Å². The molecule has 0 fully saturated rings. The summed E-state index contributed by atoms with van der Waals surface area (Å²) in [5.41, 5.74) is 0.809. The van der Waals surface area contributed by atoms with Gasteiger partial charge in [0, 0.05) is 10.7 Å². The normalized spacial score (nSPS) is 9.00. The third-order valence-corrected chi connectivity index (χ3v) is 1.36. The standard InChI is InChI=1S/C6H4NSSi/c8-6(9)5-3-1-2-4-7-5/h1-4H. The summed E-state index contributed by atoms with van der Waals surface area (Å²) in [6, 6.07) is 5.61. The van der Waals surface area contributed by atoms with E-state index in [1.165, 1.54) is 0 Å². The van der Waals surface area contributed by atoms with Crippen LogP contribution in [0.4, 0.5) is 0 Å². The lowest BCUT2D eigenvalue weighted by atomic mass is 10.4. The van der Waals surface area contributed by atoms with E-state index >= 15 is 0 Å². The smallest absolute Gasteiger partial charge is 0.0907 e. The van der Waals surface area contributed by atoms with Gasteiger partial charge in [0.2, 0.25) is 0 Å². The van der Waals surface area contributed by atoms with E-state index in [4.69, 9.17) is 12.2 Å². The first-order valence-electron chi connectivity index (χ1n) is 2.47. The molecule has 0 bridgehead atoms. The van der Waals surface area contributed by atoms with Gasteiger partial charge in [0.15, 0.2) is 0 Å². The molecule has 3 heteroatoms. The van der Waals surface area contributed by atoms with E-state index in [2.05, 4.69) is 15.2 Å². The fourth-order valence-corrected chi connectivity index (χ4v) is 0.766. The van der Waals surface area contributed by atoms with E-state index in [9.17, 15) is 0 Å². The van der Waals surface area contributed by atoms with E-state index in [1.807, 2.05) is 18.2 Å². The number of hydrogen-bond donors (Lipinski definition) is 0. The Balaban J connectivity index is 2.98. The molecule has 1 aromatic rings. The lowest BCUT2D eigenvalue weighted by molar-refractivity contribution is 1.31. The summed E-state index contributed by atoms with van der Waals surface area (Å²) in [6.45, 7) is 0. The van der Waals surface area contributed by atoms with Gasteiger partial charge in [-0.25, -0.2) is 0 Å². The van der Waals surface area contributed by atoms with Gasteiger partial charge in [0.05, 0.1) is 15.9 Å². The summed E-state index contributed by atoms with van der Waals surface area (Å²) in [7, 11) is 3.20. The second-order valence-corrected chi connectivity index (χ2v) is 2.81. The number of thiocarbonyl (C=S) groups is 1. The molecule has 0 atom stereocenters. The van der Waals surface area contributed by atoms with Gasteiger partial charge in [-0.15, -0.1) is 0 Å². The molecule has 1 rings (SSSR count). The Morgan fingerprint density at radius 3 is 2.67 bits per heavy atom. The van der Waals surface area contributed by atoms with Crippen molar-refractivity contribution in [3.63, 3.8) is 0 Å². The van der Waals surface area contributed by atoms with Crippen LogP contribution in [0.25, 0.3) is 0 Å². The Bertz CT molecular complexity index is 210. The van der Waals surface area contributed by atoms with Crippen molar-refractivity contribution < 1.29 is 0 Å². The van der Waals surface area contributed by atoms with Gasteiger partial charge in [-0.2, -0.15) is 0 Å². The topological polar surface area (TPSA) is 12.9 Å². The van der Waals surface area contributed by atoms with E-state index in [0.717, 1.165) is 5.69 Å². The molecule has 0 aromatic carbocycles.